The van der Waals surface area contributed by atoms with E-state index in [0.717, 1.165) is 55.0 Å². The van der Waals surface area contributed by atoms with Gasteiger partial charge in [-0.2, -0.15) is 4.98 Å². The summed E-state index contributed by atoms with van der Waals surface area (Å²) < 4.78 is 0. The molecule has 6 heteroatoms. The van der Waals surface area contributed by atoms with Crippen molar-refractivity contribution in [1.29, 1.82) is 0 Å². The van der Waals surface area contributed by atoms with Crippen LogP contribution in [-0.4, -0.2) is 54.1 Å². The number of hydrogen-bond donors (Lipinski definition) is 3. The monoisotopic (exact) mass is 370 g/mol. The van der Waals surface area contributed by atoms with Crippen molar-refractivity contribution < 1.29 is 0 Å². The molecule has 0 saturated heterocycles. The summed E-state index contributed by atoms with van der Waals surface area (Å²) in [6, 6.07) is 8.94. The number of nitrogens with zero attached hydrogens (tertiary/aromatic N) is 3. The number of nitrogens with two attached hydrogens (primary N) is 1. The first-order chi connectivity index (χ1) is 13.0. The molecule has 1 aliphatic rings. The Labute approximate surface area is 162 Å². The number of nitrogens with one attached hydrogen (secondary N) is 2. The van der Waals surface area contributed by atoms with Crippen LogP contribution in [-0.2, 0) is 0 Å². The first kappa shape index (κ1) is 19.8. The number of hydrogen-bond acceptors (Lipinski definition) is 6. The molecule has 1 aliphatic carbocycles. The molecule has 0 amide bonds. The number of rotatable bonds is 8. The number of aromatic nitrogens is 2. The van der Waals surface area contributed by atoms with Crippen LogP contribution >= 0.6 is 0 Å². The minimum Gasteiger partial charge on any atom is -0.369 e. The van der Waals surface area contributed by atoms with Crippen LogP contribution in [0.1, 0.15) is 39.0 Å². The van der Waals surface area contributed by atoms with Gasteiger partial charge in [-0.15, -0.1) is 0 Å². The third kappa shape index (κ3) is 5.53. The zero-order valence-electron chi connectivity index (χ0n) is 16.9. The van der Waals surface area contributed by atoms with Gasteiger partial charge in [0.15, 0.2) is 0 Å². The van der Waals surface area contributed by atoms with Crippen LogP contribution in [0.5, 0.6) is 0 Å². The highest BCUT2D eigenvalue weighted by molar-refractivity contribution is 5.90. The SMILES string of the molecule is CC(N)C1CCC(Nc2nc(NCCCN(C)C)c3ccccc3n2)CC1. The van der Waals surface area contributed by atoms with Gasteiger partial charge in [0.05, 0.1) is 5.52 Å². The molecular weight excluding hydrogens is 336 g/mol. The van der Waals surface area contributed by atoms with E-state index < -0.39 is 0 Å². The van der Waals surface area contributed by atoms with Crippen molar-refractivity contribution in [1.82, 2.24) is 14.9 Å². The Morgan fingerprint density at radius 2 is 1.89 bits per heavy atom. The van der Waals surface area contributed by atoms with Crippen molar-refractivity contribution in [2.45, 2.75) is 51.1 Å². The zero-order chi connectivity index (χ0) is 19.2. The molecule has 1 aromatic carbocycles. The van der Waals surface area contributed by atoms with Crippen molar-refractivity contribution >= 4 is 22.7 Å². The lowest BCUT2D eigenvalue weighted by atomic mass is 9.82. The zero-order valence-corrected chi connectivity index (χ0v) is 16.9. The summed E-state index contributed by atoms with van der Waals surface area (Å²) in [7, 11) is 4.20. The standard InChI is InChI=1S/C21H34N6/c1-15(22)16-9-11-17(12-10-16)24-21-25-19-8-5-4-7-18(19)20(26-21)23-13-6-14-27(2)3/h4-5,7-8,15-17H,6,9-14,22H2,1-3H3,(H2,23,24,25,26). The first-order valence-electron chi connectivity index (χ1n) is 10.2. The van der Waals surface area contributed by atoms with Crippen LogP contribution < -0.4 is 16.4 Å². The van der Waals surface area contributed by atoms with Crippen LogP contribution in [0.25, 0.3) is 10.9 Å². The molecule has 0 bridgehead atoms. The van der Waals surface area contributed by atoms with E-state index in [2.05, 4.69) is 48.7 Å². The van der Waals surface area contributed by atoms with E-state index in [-0.39, 0.29) is 0 Å². The molecule has 2 aromatic rings. The molecule has 6 nitrogen and oxygen atoms in total. The van der Waals surface area contributed by atoms with E-state index in [0.29, 0.717) is 18.0 Å². The van der Waals surface area contributed by atoms with E-state index >= 15 is 0 Å². The minimum absolute atomic E-state index is 0.292. The highest BCUT2D eigenvalue weighted by Crippen LogP contribution is 2.28. The van der Waals surface area contributed by atoms with E-state index in [4.69, 9.17) is 15.7 Å². The van der Waals surface area contributed by atoms with E-state index in [1.807, 2.05) is 12.1 Å². The van der Waals surface area contributed by atoms with Gasteiger partial charge in [-0.25, -0.2) is 4.98 Å². The number of anilines is 2. The molecule has 148 valence electrons. The second-order valence-electron chi connectivity index (χ2n) is 8.11. The van der Waals surface area contributed by atoms with Crippen LogP contribution in [0.2, 0.25) is 0 Å². The van der Waals surface area contributed by atoms with Gasteiger partial charge in [0.2, 0.25) is 5.95 Å². The maximum Gasteiger partial charge on any atom is 0.225 e. The average Bonchev–Trinajstić information content (AvgIpc) is 2.65. The maximum atomic E-state index is 6.07. The molecule has 1 atom stereocenters. The quantitative estimate of drug-likeness (QED) is 0.619. The van der Waals surface area contributed by atoms with Gasteiger partial charge in [0.1, 0.15) is 5.82 Å². The lowest BCUT2D eigenvalue weighted by molar-refractivity contribution is 0.300. The Kier molecular flexibility index (Phi) is 6.85. The van der Waals surface area contributed by atoms with Gasteiger partial charge < -0.3 is 21.3 Å². The Balaban J connectivity index is 1.68. The van der Waals surface area contributed by atoms with Crippen molar-refractivity contribution in [2.75, 3.05) is 37.8 Å². The Morgan fingerprint density at radius 3 is 2.59 bits per heavy atom. The number of fused-ring (bicyclic) bond motifs is 1. The summed E-state index contributed by atoms with van der Waals surface area (Å²) in [5, 5.41) is 8.16. The predicted molar refractivity (Wildman–Crippen MR) is 114 cm³/mol. The summed E-state index contributed by atoms with van der Waals surface area (Å²) >= 11 is 0. The van der Waals surface area contributed by atoms with Crippen molar-refractivity contribution in [3.63, 3.8) is 0 Å². The third-order valence-electron chi connectivity index (χ3n) is 5.53. The van der Waals surface area contributed by atoms with E-state index in [1.165, 1.54) is 12.8 Å². The maximum absolute atomic E-state index is 6.07. The first-order valence-corrected chi connectivity index (χ1v) is 10.2. The average molecular weight is 371 g/mol. The van der Waals surface area contributed by atoms with Gasteiger partial charge in [-0.1, -0.05) is 12.1 Å². The smallest absolute Gasteiger partial charge is 0.225 e. The highest BCUT2D eigenvalue weighted by atomic mass is 15.2. The van der Waals surface area contributed by atoms with Crippen LogP contribution in [0.4, 0.5) is 11.8 Å². The van der Waals surface area contributed by atoms with E-state index in [9.17, 15) is 0 Å². The topological polar surface area (TPSA) is 79.1 Å². The van der Waals surface area contributed by atoms with Gasteiger partial charge >= 0.3 is 0 Å². The molecule has 4 N–H and O–H groups in total. The fourth-order valence-corrected chi connectivity index (χ4v) is 3.85. The second-order valence-corrected chi connectivity index (χ2v) is 8.11. The number of benzene rings is 1. The molecule has 1 aromatic heterocycles. The normalized spacial score (nSPS) is 21.4. The Morgan fingerprint density at radius 1 is 1.15 bits per heavy atom. The molecule has 0 spiro atoms. The van der Waals surface area contributed by atoms with Crippen molar-refractivity contribution in [3.05, 3.63) is 24.3 Å². The lowest BCUT2D eigenvalue weighted by Crippen LogP contribution is -2.34. The Bertz CT molecular complexity index is 722. The lowest BCUT2D eigenvalue weighted by Gasteiger charge is -2.31. The van der Waals surface area contributed by atoms with Gasteiger partial charge in [0, 0.05) is 24.0 Å². The molecular formula is C21H34N6. The van der Waals surface area contributed by atoms with Crippen LogP contribution in [0, 0.1) is 5.92 Å². The molecule has 1 saturated carbocycles. The molecule has 3 rings (SSSR count). The summed E-state index contributed by atoms with van der Waals surface area (Å²) in [6.45, 7) is 4.08. The Hall–Kier alpha value is -1.92. The summed E-state index contributed by atoms with van der Waals surface area (Å²) in [6.07, 6.45) is 5.70. The molecule has 27 heavy (non-hydrogen) atoms. The predicted octanol–water partition coefficient (Wildman–Crippen LogP) is 3.31. The third-order valence-corrected chi connectivity index (χ3v) is 5.53. The number of para-hydroxylation sites is 1. The van der Waals surface area contributed by atoms with Crippen molar-refractivity contribution in [3.8, 4) is 0 Å². The van der Waals surface area contributed by atoms with Crippen molar-refractivity contribution in [2.24, 2.45) is 11.7 Å². The summed E-state index contributed by atoms with van der Waals surface area (Å²) in [5.74, 6) is 2.30. The molecule has 1 fully saturated rings. The summed E-state index contributed by atoms with van der Waals surface area (Å²) in [4.78, 5) is 11.7. The van der Waals surface area contributed by atoms with Gasteiger partial charge in [0.25, 0.3) is 0 Å². The summed E-state index contributed by atoms with van der Waals surface area (Å²) in [5.41, 5.74) is 7.05. The molecule has 1 unspecified atom stereocenters. The second kappa shape index (κ2) is 9.33. The highest BCUT2D eigenvalue weighted by Gasteiger charge is 2.24. The van der Waals surface area contributed by atoms with Gasteiger partial charge in [-0.3, -0.25) is 0 Å². The van der Waals surface area contributed by atoms with Crippen LogP contribution in [0.3, 0.4) is 0 Å². The fraction of sp³-hybridized carbons (Fsp3) is 0.619. The fourth-order valence-electron chi connectivity index (χ4n) is 3.85. The molecule has 0 radical (unpaired) electrons. The molecule has 1 heterocycles. The minimum atomic E-state index is 0.292. The van der Waals surface area contributed by atoms with Crippen LogP contribution in [0.15, 0.2) is 24.3 Å². The largest absolute Gasteiger partial charge is 0.369 e. The van der Waals surface area contributed by atoms with Gasteiger partial charge in [-0.05, 0) is 77.7 Å². The molecule has 0 aliphatic heterocycles. The van der Waals surface area contributed by atoms with E-state index in [1.54, 1.807) is 0 Å².